The summed E-state index contributed by atoms with van der Waals surface area (Å²) in [6, 6.07) is 4.12. The molecule has 1 rings (SSSR count). The van der Waals surface area contributed by atoms with Gasteiger partial charge in [-0.05, 0) is 6.07 Å². The number of hydrogen-bond acceptors (Lipinski definition) is 4. The molecule has 90 valence electrons. The Kier molecular flexibility index (Phi) is 4.61. The van der Waals surface area contributed by atoms with Gasteiger partial charge in [-0.2, -0.15) is 0 Å². The standard InChI is InChI=1S/C10H11N3O4/c14-5-4-11-9(16)6-12-10(17)7-2-1-3-8(15)13-7/h1-3,5H,4,6H2,(H,11,16)(H,12,17)(H,13,15). The minimum Gasteiger partial charge on any atom is -0.348 e. The molecule has 0 atom stereocenters. The summed E-state index contributed by atoms with van der Waals surface area (Å²) in [6.07, 6.45) is 0.536. The maximum atomic E-state index is 11.4. The van der Waals surface area contributed by atoms with E-state index < -0.39 is 17.4 Å². The van der Waals surface area contributed by atoms with Crippen LogP contribution >= 0.6 is 0 Å². The molecule has 1 heterocycles. The Balaban J connectivity index is 2.47. The summed E-state index contributed by atoms with van der Waals surface area (Å²) in [4.78, 5) is 45.7. The number of aromatic nitrogens is 1. The van der Waals surface area contributed by atoms with E-state index in [1.807, 2.05) is 0 Å². The van der Waals surface area contributed by atoms with Crippen molar-refractivity contribution in [1.82, 2.24) is 15.6 Å². The highest BCUT2D eigenvalue weighted by Crippen LogP contribution is 1.88. The molecule has 0 aromatic carbocycles. The lowest BCUT2D eigenvalue weighted by Crippen LogP contribution is -2.38. The van der Waals surface area contributed by atoms with Crippen LogP contribution in [0.15, 0.2) is 23.0 Å². The Bertz CT molecular complexity index is 480. The van der Waals surface area contributed by atoms with E-state index in [-0.39, 0.29) is 18.8 Å². The number of nitrogens with one attached hydrogen (secondary N) is 3. The molecule has 0 bridgehead atoms. The van der Waals surface area contributed by atoms with E-state index >= 15 is 0 Å². The molecule has 1 aromatic rings. The van der Waals surface area contributed by atoms with Crippen molar-refractivity contribution in [2.75, 3.05) is 13.1 Å². The van der Waals surface area contributed by atoms with Gasteiger partial charge in [0, 0.05) is 6.07 Å². The van der Waals surface area contributed by atoms with Gasteiger partial charge in [0.1, 0.15) is 12.0 Å². The van der Waals surface area contributed by atoms with E-state index in [0.717, 1.165) is 0 Å². The van der Waals surface area contributed by atoms with Crippen LogP contribution in [0.5, 0.6) is 0 Å². The van der Waals surface area contributed by atoms with Gasteiger partial charge in [0.2, 0.25) is 11.5 Å². The molecular formula is C10H11N3O4. The molecule has 1 aromatic heterocycles. The van der Waals surface area contributed by atoms with Gasteiger partial charge in [-0.15, -0.1) is 0 Å². The molecule has 7 heteroatoms. The van der Waals surface area contributed by atoms with Crippen molar-refractivity contribution in [1.29, 1.82) is 0 Å². The minimum atomic E-state index is -0.566. The van der Waals surface area contributed by atoms with Crippen LogP contribution in [0.1, 0.15) is 10.5 Å². The first-order valence-electron chi connectivity index (χ1n) is 4.81. The van der Waals surface area contributed by atoms with E-state index in [1.165, 1.54) is 18.2 Å². The Labute approximate surface area is 96.2 Å². The lowest BCUT2D eigenvalue weighted by atomic mass is 10.3. The second-order valence-electron chi connectivity index (χ2n) is 3.08. The van der Waals surface area contributed by atoms with Crippen LogP contribution in [-0.2, 0) is 9.59 Å². The Morgan fingerprint density at radius 3 is 2.71 bits per heavy atom. The molecule has 17 heavy (non-hydrogen) atoms. The first-order valence-corrected chi connectivity index (χ1v) is 4.81. The predicted molar refractivity (Wildman–Crippen MR) is 58.5 cm³/mol. The zero-order valence-electron chi connectivity index (χ0n) is 8.86. The fourth-order valence-corrected chi connectivity index (χ4v) is 1.05. The maximum absolute atomic E-state index is 11.4. The number of aldehydes is 1. The van der Waals surface area contributed by atoms with E-state index in [9.17, 15) is 19.2 Å². The van der Waals surface area contributed by atoms with E-state index in [4.69, 9.17) is 0 Å². The first-order chi connectivity index (χ1) is 8.13. The molecule has 0 radical (unpaired) electrons. The molecule has 3 N–H and O–H groups in total. The maximum Gasteiger partial charge on any atom is 0.268 e. The summed E-state index contributed by atoms with van der Waals surface area (Å²) in [5.74, 6) is -1.05. The summed E-state index contributed by atoms with van der Waals surface area (Å²) in [6.45, 7) is -0.361. The first kappa shape index (κ1) is 12.6. The highest BCUT2D eigenvalue weighted by molar-refractivity contribution is 5.94. The van der Waals surface area contributed by atoms with Gasteiger partial charge in [-0.1, -0.05) is 6.07 Å². The Morgan fingerprint density at radius 2 is 2.06 bits per heavy atom. The Morgan fingerprint density at radius 1 is 1.29 bits per heavy atom. The van der Waals surface area contributed by atoms with Crippen molar-refractivity contribution in [3.8, 4) is 0 Å². The molecule has 7 nitrogen and oxygen atoms in total. The number of hydrogen-bond donors (Lipinski definition) is 3. The van der Waals surface area contributed by atoms with Crippen LogP contribution in [0.4, 0.5) is 0 Å². The number of pyridine rings is 1. The van der Waals surface area contributed by atoms with Crippen LogP contribution in [0.3, 0.4) is 0 Å². The van der Waals surface area contributed by atoms with Crippen molar-refractivity contribution in [2.45, 2.75) is 0 Å². The zero-order chi connectivity index (χ0) is 12.7. The van der Waals surface area contributed by atoms with Gasteiger partial charge in [0.25, 0.3) is 5.91 Å². The monoisotopic (exact) mass is 237 g/mol. The highest BCUT2D eigenvalue weighted by atomic mass is 16.2. The molecular weight excluding hydrogens is 226 g/mol. The summed E-state index contributed by atoms with van der Waals surface area (Å²) < 4.78 is 0. The lowest BCUT2D eigenvalue weighted by molar-refractivity contribution is -0.121. The molecule has 0 spiro atoms. The summed E-state index contributed by atoms with van der Waals surface area (Å²) in [7, 11) is 0. The normalized spacial score (nSPS) is 9.41. The van der Waals surface area contributed by atoms with Crippen molar-refractivity contribution in [2.24, 2.45) is 0 Å². The second kappa shape index (κ2) is 6.21. The van der Waals surface area contributed by atoms with Gasteiger partial charge >= 0.3 is 0 Å². The second-order valence-corrected chi connectivity index (χ2v) is 3.08. The predicted octanol–water partition coefficient (Wildman–Crippen LogP) is -1.58. The summed E-state index contributed by atoms with van der Waals surface area (Å²) in [5.41, 5.74) is -0.330. The molecule has 0 aliphatic carbocycles. The van der Waals surface area contributed by atoms with Gasteiger partial charge in [-0.25, -0.2) is 0 Å². The average molecular weight is 237 g/mol. The largest absolute Gasteiger partial charge is 0.348 e. The highest BCUT2D eigenvalue weighted by Gasteiger charge is 2.07. The average Bonchev–Trinajstić information content (AvgIpc) is 2.33. The SMILES string of the molecule is O=CCNC(=O)CNC(=O)c1cccc(=O)[nH]1. The quantitative estimate of drug-likeness (QED) is 0.537. The van der Waals surface area contributed by atoms with Crippen LogP contribution in [0.2, 0.25) is 0 Å². The molecule has 2 amide bonds. The third kappa shape index (κ3) is 4.29. The topological polar surface area (TPSA) is 108 Å². The number of H-pyrrole nitrogens is 1. The molecule has 0 unspecified atom stereocenters. The molecule has 0 aliphatic heterocycles. The van der Waals surface area contributed by atoms with Crippen LogP contribution in [0.25, 0.3) is 0 Å². The number of carbonyl (C=O) groups is 3. The van der Waals surface area contributed by atoms with Crippen LogP contribution < -0.4 is 16.2 Å². The fourth-order valence-electron chi connectivity index (χ4n) is 1.05. The minimum absolute atomic E-state index is 0.0701. The van der Waals surface area contributed by atoms with Crippen LogP contribution in [-0.4, -0.2) is 36.2 Å². The smallest absolute Gasteiger partial charge is 0.268 e. The molecule has 0 fully saturated rings. The van der Waals surface area contributed by atoms with Crippen molar-refractivity contribution in [3.05, 3.63) is 34.2 Å². The van der Waals surface area contributed by atoms with Crippen LogP contribution in [0, 0.1) is 0 Å². The van der Waals surface area contributed by atoms with Crippen molar-refractivity contribution < 1.29 is 14.4 Å². The van der Waals surface area contributed by atoms with Gasteiger partial charge in [-0.3, -0.25) is 14.4 Å². The molecule has 0 saturated carbocycles. The van der Waals surface area contributed by atoms with Gasteiger partial charge in [0.05, 0.1) is 13.1 Å². The number of aromatic amines is 1. The number of amides is 2. The molecule has 0 saturated heterocycles. The third-order valence-corrected chi connectivity index (χ3v) is 1.81. The number of carbonyl (C=O) groups excluding carboxylic acids is 3. The Hall–Kier alpha value is -2.44. The van der Waals surface area contributed by atoms with E-state index in [0.29, 0.717) is 6.29 Å². The van der Waals surface area contributed by atoms with E-state index in [2.05, 4.69) is 15.6 Å². The molecule has 0 aliphatic rings. The lowest BCUT2D eigenvalue weighted by Gasteiger charge is -2.04. The zero-order valence-corrected chi connectivity index (χ0v) is 8.86. The van der Waals surface area contributed by atoms with E-state index in [1.54, 1.807) is 0 Å². The summed E-state index contributed by atoms with van der Waals surface area (Å²) in [5, 5.41) is 4.55. The number of rotatable bonds is 5. The van der Waals surface area contributed by atoms with Gasteiger partial charge in [0.15, 0.2) is 0 Å². The fraction of sp³-hybridized carbons (Fsp3) is 0.200. The van der Waals surface area contributed by atoms with Gasteiger partial charge < -0.3 is 20.4 Å². The summed E-state index contributed by atoms with van der Waals surface area (Å²) >= 11 is 0. The van der Waals surface area contributed by atoms with Crippen molar-refractivity contribution in [3.63, 3.8) is 0 Å². The third-order valence-electron chi connectivity index (χ3n) is 1.81. The van der Waals surface area contributed by atoms with Crippen molar-refractivity contribution >= 4 is 18.1 Å².